The Kier molecular flexibility index (Phi) is 13.1. The molecule has 6 N–H and O–H groups in total. The first-order valence-electron chi connectivity index (χ1n) is 15.6. The maximum absolute atomic E-state index is 12.2. The third-order valence-corrected chi connectivity index (χ3v) is 7.29. The predicted molar refractivity (Wildman–Crippen MR) is 200 cm³/mol. The lowest BCUT2D eigenvalue weighted by Gasteiger charge is -2.13. The zero-order valence-electron chi connectivity index (χ0n) is 27.3. The van der Waals surface area contributed by atoms with E-state index < -0.39 is 23.6 Å². The van der Waals surface area contributed by atoms with E-state index in [2.05, 4.69) is 32.3 Å². The fourth-order valence-electron chi connectivity index (χ4n) is 4.46. The molecule has 16 heteroatoms. The highest BCUT2D eigenvalue weighted by atomic mass is 32.1. The van der Waals surface area contributed by atoms with Crippen LogP contribution in [0.3, 0.4) is 0 Å². The van der Waals surface area contributed by atoms with Crippen LogP contribution in [0.4, 0.5) is 0 Å². The van der Waals surface area contributed by atoms with Crippen molar-refractivity contribution in [1.82, 2.24) is 32.3 Å². The van der Waals surface area contributed by atoms with Crippen molar-refractivity contribution < 1.29 is 38.1 Å². The van der Waals surface area contributed by atoms with E-state index in [1.807, 2.05) is 72.8 Å². The zero-order chi connectivity index (χ0) is 36.7. The van der Waals surface area contributed by atoms with Crippen molar-refractivity contribution in [2.24, 2.45) is 0 Å². The summed E-state index contributed by atoms with van der Waals surface area (Å²) in [4.78, 5) is 48.7. The second-order valence-electron chi connectivity index (χ2n) is 10.7. The highest BCUT2D eigenvalue weighted by Gasteiger charge is 2.11. The predicted octanol–water partition coefficient (Wildman–Crippen LogP) is 2.95. The second kappa shape index (κ2) is 18.5. The molecular weight excluding hydrogens is 709 g/mol. The number of hydrogen-bond donors (Lipinski definition) is 6. The van der Waals surface area contributed by atoms with Crippen molar-refractivity contribution in [2.75, 3.05) is 26.4 Å². The van der Waals surface area contributed by atoms with Gasteiger partial charge in [0.15, 0.2) is 36.7 Å². The Morgan fingerprint density at radius 2 is 0.731 bits per heavy atom. The molecule has 4 amide bonds. The van der Waals surface area contributed by atoms with Gasteiger partial charge in [0.05, 0.1) is 0 Å². The number of thiocarbonyl (C=S) groups is 2. The Labute approximate surface area is 308 Å². The topological polar surface area (TPSA) is 177 Å². The Balaban J connectivity index is 0.908. The van der Waals surface area contributed by atoms with Gasteiger partial charge in [-0.05, 0) is 94.5 Å². The number of rotatable bonds is 12. The summed E-state index contributed by atoms with van der Waals surface area (Å²) in [7, 11) is 0. The van der Waals surface area contributed by atoms with Crippen molar-refractivity contribution in [3.8, 4) is 23.0 Å². The molecule has 5 rings (SSSR count). The molecule has 0 atom stereocenters. The van der Waals surface area contributed by atoms with Gasteiger partial charge in [-0.15, -0.1) is 0 Å². The lowest BCUT2D eigenvalue weighted by molar-refractivity contribution is -0.124. The zero-order valence-corrected chi connectivity index (χ0v) is 28.9. The molecule has 5 aromatic carbocycles. The maximum Gasteiger partial charge on any atom is 0.276 e. The van der Waals surface area contributed by atoms with Crippen LogP contribution in [-0.2, 0) is 19.2 Å². The van der Waals surface area contributed by atoms with Crippen molar-refractivity contribution in [3.05, 3.63) is 109 Å². The Hall–Kier alpha value is -6.52. The first-order valence-corrected chi connectivity index (χ1v) is 16.4. The van der Waals surface area contributed by atoms with Gasteiger partial charge in [0.25, 0.3) is 23.6 Å². The number of carbonyl (C=O) groups is 4. The lowest BCUT2D eigenvalue weighted by atomic mass is 10.1. The third-order valence-electron chi connectivity index (χ3n) is 6.88. The van der Waals surface area contributed by atoms with Crippen molar-refractivity contribution >= 4 is 79.8 Å². The van der Waals surface area contributed by atoms with Crippen molar-refractivity contribution in [2.45, 2.75) is 0 Å². The van der Waals surface area contributed by atoms with Gasteiger partial charge in [-0.25, -0.2) is 0 Å². The fraction of sp³-hybridized carbons (Fsp3) is 0.111. The summed E-state index contributed by atoms with van der Waals surface area (Å²) in [6.07, 6.45) is 0. The van der Waals surface area contributed by atoms with Crippen LogP contribution in [0, 0.1) is 0 Å². The molecule has 0 aliphatic heterocycles. The van der Waals surface area contributed by atoms with E-state index in [0.717, 1.165) is 21.5 Å². The van der Waals surface area contributed by atoms with E-state index in [0.29, 0.717) is 23.0 Å². The summed E-state index contributed by atoms with van der Waals surface area (Å²) in [6.45, 7) is -1.30. The largest absolute Gasteiger partial charge is 0.484 e. The van der Waals surface area contributed by atoms with Gasteiger partial charge >= 0.3 is 0 Å². The van der Waals surface area contributed by atoms with E-state index in [4.69, 9.17) is 43.4 Å². The standard InChI is InChI=1S/C36H32N6O8S2/c43-31(37-35(51)41-39-33(45)21-49-29-11-9-23-5-1-3-7-25(23)17-29)19-47-27-13-15-28(16-14-27)48-20-32(44)38-36(52)42-40-34(46)22-50-30-12-10-24-6-2-4-8-26(24)18-30/h1-18H,19-22H2,(H,39,45)(H,40,46)(H2,37,41,43,51)(H2,38,42,44,52). The molecule has 0 radical (unpaired) electrons. The van der Waals surface area contributed by atoms with Crippen LogP contribution in [0.5, 0.6) is 23.0 Å². The molecule has 0 aliphatic rings. The van der Waals surface area contributed by atoms with Gasteiger partial charge in [-0.2, -0.15) is 0 Å². The summed E-state index contributed by atoms with van der Waals surface area (Å²) in [6, 6.07) is 32.6. The molecule has 0 saturated heterocycles. The molecule has 0 aliphatic carbocycles. The van der Waals surface area contributed by atoms with Crippen LogP contribution in [0.1, 0.15) is 0 Å². The van der Waals surface area contributed by atoms with Crippen LogP contribution in [-0.4, -0.2) is 60.3 Å². The molecule has 5 aromatic rings. The molecule has 0 saturated carbocycles. The molecule has 52 heavy (non-hydrogen) atoms. The molecule has 266 valence electrons. The number of fused-ring (bicyclic) bond motifs is 2. The first-order chi connectivity index (χ1) is 25.2. The number of benzene rings is 5. The SMILES string of the molecule is O=C(COc1ccc2ccccc2c1)NNC(=S)NC(=O)COc1ccc(OCC(=O)NC(=S)NNC(=O)COc2ccc3ccccc3c2)cc1. The highest BCUT2D eigenvalue weighted by molar-refractivity contribution is 7.80. The monoisotopic (exact) mass is 740 g/mol. The second-order valence-corrected chi connectivity index (χ2v) is 11.6. The van der Waals surface area contributed by atoms with E-state index in [1.165, 1.54) is 24.3 Å². The minimum absolute atomic E-state index is 0.141. The number of nitrogens with one attached hydrogen (secondary N) is 6. The van der Waals surface area contributed by atoms with Gasteiger partial charge in [0.2, 0.25) is 0 Å². The van der Waals surface area contributed by atoms with Crippen LogP contribution in [0.2, 0.25) is 0 Å². The number of amides is 4. The summed E-state index contributed by atoms with van der Waals surface area (Å²) >= 11 is 10.1. The summed E-state index contributed by atoms with van der Waals surface area (Å²) in [5, 5.41) is 8.54. The normalized spacial score (nSPS) is 10.3. The quantitative estimate of drug-likeness (QED) is 0.0816. The van der Waals surface area contributed by atoms with Gasteiger partial charge in [-0.1, -0.05) is 60.7 Å². The molecule has 14 nitrogen and oxygen atoms in total. The number of ether oxygens (including phenoxy) is 4. The molecule has 0 unspecified atom stereocenters. The number of carbonyl (C=O) groups excluding carboxylic acids is 4. The Morgan fingerprint density at radius 3 is 1.13 bits per heavy atom. The average Bonchev–Trinajstić information content (AvgIpc) is 3.16. The van der Waals surface area contributed by atoms with Crippen LogP contribution < -0.4 is 51.3 Å². The molecule has 0 aromatic heterocycles. The highest BCUT2D eigenvalue weighted by Crippen LogP contribution is 2.21. The third kappa shape index (κ3) is 11.8. The Morgan fingerprint density at radius 1 is 0.404 bits per heavy atom. The molecule has 0 fully saturated rings. The number of hydrogen-bond acceptors (Lipinski definition) is 10. The summed E-state index contributed by atoms with van der Waals surface area (Å²) in [5.74, 6) is -0.421. The average molecular weight is 741 g/mol. The van der Waals surface area contributed by atoms with Crippen LogP contribution in [0.15, 0.2) is 109 Å². The van der Waals surface area contributed by atoms with Crippen LogP contribution in [0.25, 0.3) is 21.5 Å². The molecule has 0 spiro atoms. The minimum atomic E-state index is -0.575. The van der Waals surface area contributed by atoms with Crippen molar-refractivity contribution in [3.63, 3.8) is 0 Å². The molecule has 0 bridgehead atoms. The van der Waals surface area contributed by atoms with E-state index in [1.54, 1.807) is 12.1 Å². The van der Waals surface area contributed by atoms with Gasteiger partial charge in [0, 0.05) is 0 Å². The van der Waals surface area contributed by atoms with E-state index in [9.17, 15) is 19.2 Å². The van der Waals surface area contributed by atoms with Gasteiger partial charge in [0.1, 0.15) is 23.0 Å². The fourth-order valence-corrected chi connectivity index (χ4v) is 4.78. The smallest absolute Gasteiger partial charge is 0.276 e. The lowest BCUT2D eigenvalue weighted by Crippen LogP contribution is -2.50. The minimum Gasteiger partial charge on any atom is -0.484 e. The van der Waals surface area contributed by atoms with Crippen LogP contribution >= 0.6 is 24.4 Å². The maximum atomic E-state index is 12.2. The first kappa shape index (κ1) is 36.8. The summed E-state index contributed by atoms with van der Waals surface area (Å²) in [5.41, 5.74) is 9.54. The summed E-state index contributed by atoms with van der Waals surface area (Å²) < 4.78 is 21.9. The van der Waals surface area contributed by atoms with E-state index in [-0.39, 0.29) is 36.7 Å². The Bertz CT molecular complexity index is 1950. The molecular formula is C36H32N6O8S2. The van der Waals surface area contributed by atoms with Crippen molar-refractivity contribution in [1.29, 1.82) is 0 Å². The molecule has 0 heterocycles. The van der Waals surface area contributed by atoms with Gasteiger partial charge in [-0.3, -0.25) is 51.5 Å². The van der Waals surface area contributed by atoms with E-state index >= 15 is 0 Å². The number of hydrazine groups is 2. The van der Waals surface area contributed by atoms with Gasteiger partial charge < -0.3 is 18.9 Å².